The molecule has 0 radical (unpaired) electrons. The maximum atomic E-state index is 9.89. The first kappa shape index (κ1) is 12.4. The maximum absolute atomic E-state index is 9.89. The first-order valence-electron chi connectivity index (χ1n) is 5.32. The van der Waals surface area contributed by atoms with Crippen LogP contribution in [0.1, 0.15) is 13.3 Å². The van der Waals surface area contributed by atoms with E-state index < -0.39 is 6.89 Å². The molecule has 0 aromatic carbocycles. The lowest BCUT2D eigenvalue weighted by atomic mass is 9.86. The highest BCUT2D eigenvalue weighted by molar-refractivity contribution is 7.72. The van der Waals surface area contributed by atoms with Crippen molar-refractivity contribution in [1.82, 2.24) is 0 Å². The van der Waals surface area contributed by atoms with Crippen molar-refractivity contribution in [3.63, 3.8) is 0 Å². The Balaban J connectivity index is 2.44. The van der Waals surface area contributed by atoms with Crippen LogP contribution in [0.3, 0.4) is 0 Å². The minimum Gasteiger partial charge on any atom is -0.390 e. The van der Waals surface area contributed by atoms with E-state index in [1.54, 1.807) is 0 Å². The third-order valence-corrected chi connectivity index (χ3v) is 4.54. The van der Waals surface area contributed by atoms with Crippen LogP contribution in [0.5, 0.6) is 0 Å². The van der Waals surface area contributed by atoms with E-state index in [0.29, 0.717) is 0 Å². The highest BCUT2D eigenvalue weighted by atomic mass is 31.2. The maximum Gasteiger partial charge on any atom is 0.139 e. The lowest BCUT2D eigenvalue weighted by Gasteiger charge is -2.19. The second-order valence-electron chi connectivity index (χ2n) is 5.18. The van der Waals surface area contributed by atoms with Crippen LogP contribution < -0.4 is 0 Å². The van der Waals surface area contributed by atoms with Gasteiger partial charge in [-0.3, -0.25) is 0 Å². The zero-order valence-electron chi connectivity index (χ0n) is 9.73. The van der Waals surface area contributed by atoms with Gasteiger partial charge in [0.2, 0.25) is 0 Å². The van der Waals surface area contributed by atoms with Crippen LogP contribution in [-0.4, -0.2) is 57.0 Å². The molecule has 0 aliphatic carbocycles. The van der Waals surface area contributed by atoms with Crippen molar-refractivity contribution >= 4 is 21.0 Å². The zero-order valence-corrected chi connectivity index (χ0v) is 10.6. The van der Waals surface area contributed by atoms with Gasteiger partial charge in [-0.15, -0.1) is 13.2 Å². The van der Waals surface area contributed by atoms with Crippen LogP contribution in [0.2, 0.25) is 0 Å². The smallest absolute Gasteiger partial charge is 0.139 e. The van der Waals surface area contributed by atoms with E-state index in [1.807, 2.05) is 7.85 Å². The molecule has 0 aromatic rings. The molecule has 1 unspecified atom stereocenters. The summed E-state index contributed by atoms with van der Waals surface area (Å²) in [6.07, 6.45) is 5.99. The van der Waals surface area contributed by atoms with Gasteiger partial charge in [0.05, 0.1) is 12.2 Å². The predicted octanol–water partition coefficient (Wildman–Crippen LogP) is 0.441. The fourth-order valence-corrected chi connectivity index (χ4v) is 2.77. The largest absolute Gasteiger partial charge is 0.390 e. The Bertz CT molecular complexity index is 238. The van der Waals surface area contributed by atoms with Crippen LogP contribution in [0.25, 0.3) is 0 Å². The van der Waals surface area contributed by atoms with Crippen molar-refractivity contribution < 1.29 is 9.84 Å². The molecule has 2 nitrogen and oxygen atoms in total. The van der Waals surface area contributed by atoms with Crippen LogP contribution >= 0.6 is 6.89 Å². The highest BCUT2D eigenvalue weighted by Gasteiger charge is 2.37. The SMILES string of the molecule is B[C@@H]1O[C@H](CCP(=C)(C)C)[C@@H](O)C1C. The monoisotopic (exact) mass is 216 g/mol. The summed E-state index contributed by atoms with van der Waals surface area (Å²) in [5.41, 5.74) is 0. The standard InChI is InChI=1S/C10H22BO2P/c1-7-9(12)8(13-10(7)11)5-6-14(2,3)4/h7-10,12H,2,5-6,11H2,1,3-4H3/t7?,8-,9+,10-/m1/s1. The summed E-state index contributed by atoms with van der Waals surface area (Å²) in [5, 5.41) is 9.89. The van der Waals surface area contributed by atoms with E-state index in [2.05, 4.69) is 26.6 Å². The van der Waals surface area contributed by atoms with Crippen molar-refractivity contribution in [2.45, 2.75) is 31.6 Å². The number of hydrogen-bond donors (Lipinski definition) is 1. The number of rotatable bonds is 3. The van der Waals surface area contributed by atoms with Crippen molar-refractivity contribution in [2.24, 2.45) is 5.92 Å². The summed E-state index contributed by atoms with van der Waals surface area (Å²) < 4.78 is 5.72. The van der Waals surface area contributed by atoms with Crippen LogP contribution in [0, 0.1) is 5.92 Å². The molecular formula is C10H22BO2P. The molecule has 1 N–H and O–H groups in total. The van der Waals surface area contributed by atoms with Gasteiger partial charge in [0, 0.05) is 11.9 Å². The minimum absolute atomic E-state index is 0.0426. The molecule has 0 amide bonds. The average Bonchev–Trinajstić information content (AvgIpc) is 2.28. The molecule has 1 heterocycles. The van der Waals surface area contributed by atoms with Crippen molar-refractivity contribution in [1.29, 1.82) is 0 Å². The van der Waals surface area contributed by atoms with Crippen molar-refractivity contribution in [3.8, 4) is 0 Å². The fourth-order valence-electron chi connectivity index (χ4n) is 1.81. The van der Waals surface area contributed by atoms with Crippen molar-refractivity contribution in [3.05, 3.63) is 0 Å². The third kappa shape index (κ3) is 3.15. The Kier molecular flexibility index (Phi) is 3.91. The van der Waals surface area contributed by atoms with E-state index in [9.17, 15) is 5.11 Å². The van der Waals surface area contributed by atoms with E-state index in [1.165, 1.54) is 0 Å². The summed E-state index contributed by atoms with van der Waals surface area (Å²) >= 11 is 0. The molecule has 0 bridgehead atoms. The Hall–Kier alpha value is 0.285. The molecule has 1 fully saturated rings. The lowest BCUT2D eigenvalue weighted by molar-refractivity contribution is 0.0301. The molecule has 4 heteroatoms. The van der Waals surface area contributed by atoms with Gasteiger partial charge in [-0.25, -0.2) is 0 Å². The summed E-state index contributed by atoms with van der Waals surface area (Å²) in [7, 11) is 2.04. The summed E-state index contributed by atoms with van der Waals surface area (Å²) in [6.45, 7) is 5.53. The molecule has 0 aromatic heterocycles. The molecule has 0 saturated carbocycles. The average molecular weight is 216 g/mol. The van der Waals surface area contributed by atoms with Crippen LogP contribution in [0.4, 0.5) is 0 Å². The van der Waals surface area contributed by atoms with Crippen LogP contribution in [0.15, 0.2) is 0 Å². The van der Waals surface area contributed by atoms with E-state index >= 15 is 0 Å². The highest BCUT2D eigenvalue weighted by Crippen LogP contribution is 2.38. The fraction of sp³-hybridized carbons (Fsp3) is 0.900. The van der Waals surface area contributed by atoms with Gasteiger partial charge in [-0.2, -0.15) is 0 Å². The number of hydrogen-bond acceptors (Lipinski definition) is 2. The van der Waals surface area contributed by atoms with Crippen molar-refractivity contribution in [2.75, 3.05) is 19.5 Å². The first-order valence-corrected chi connectivity index (χ1v) is 8.37. The minimum atomic E-state index is -0.975. The third-order valence-electron chi connectivity index (χ3n) is 3.07. The summed E-state index contributed by atoms with van der Waals surface area (Å²) in [5.74, 6) is 0.270. The van der Waals surface area contributed by atoms with Gasteiger partial charge in [0.1, 0.15) is 7.85 Å². The quantitative estimate of drug-likeness (QED) is 0.548. The first-order chi connectivity index (χ1) is 6.31. The number of aliphatic hydroxyl groups excluding tert-OH is 1. The number of ether oxygens (including phenoxy) is 1. The van der Waals surface area contributed by atoms with Gasteiger partial charge in [-0.05, 0) is 25.9 Å². The zero-order chi connectivity index (χ0) is 10.9. The summed E-state index contributed by atoms with van der Waals surface area (Å²) in [4.78, 5) is 0. The predicted molar refractivity (Wildman–Crippen MR) is 67.7 cm³/mol. The van der Waals surface area contributed by atoms with E-state index in [4.69, 9.17) is 4.74 Å². The van der Waals surface area contributed by atoms with Gasteiger partial charge >= 0.3 is 0 Å². The molecule has 82 valence electrons. The van der Waals surface area contributed by atoms with E-state index in [0.717, 1.165) is 12.6 Å². The molecule has 1 rings (SSSR count). The van der Waals surface area contributed by atoms with Gasteiger partial charge < -0.3 is 9.84 Å². The second kappa shape index (κ2) is 4.43. The molecule has 4 atom stereocenters. The van der Waals surface area contributed by atoms with Gasteiger partial charge in [-0.1, -0.05) is 6.92 Å². The van der Waals surface area contributed by atoms with Gasteiger partial charge in [0.25, 0.3) is 0 Å². The Morgan fingerprint density at radius 1 is 1.50 bits per heavy atom. The molecule has 1 aliphatic rings. The molecule has 14 heavy (non-hydrogen) atoms. The second-order valence-corrected chi connectivity index (χ2v) is 9.50. The molecule has 1 aliphatic heterocycles. The normalized spacial score (nSPS) is 38.9. The molecule has 1 saturated heterocycles. The van der Waals surface area contributed by atoms with Crippen LogP contribution in [-0.2, 0) is 4.74 Å². The topological polar surface area (TPSA) is 29.5 Å². The number of aliphatic hydroxyl groups is 1. The van der Waals surface area contributed by atoms with Gasteiger partial charge in [0.15, 0.2) is 0 Å². The lowest BCUT2D eigenvalue weighted by Crippen LogP contribution is -2.26. The molecule has 0 spiro atoms. The molecular weight excluding hydrogens is 194 g/mol. The Morgan fingerprint density at radius 3 is 2.43 bits per heavy atom. The Labute approximate surface area is 88.4 Å². The summed E-state index contributed by atoms with van der Waals surface area (Å²) in [6, 6.07) is 0.196. The van der Waals surface area contributed by atoms with E-state index in [-0.39, 0.29) is 24.1 Å². The Morgan fingerprint density at radius 2 is 2.07 bits per heavy atom.